The van der Waals surface area contributed by atoms with Crippen molar-refractivity contribution >= 4 is 44.6 Å². The highest BCUT2D eigenvalue weighted by molar-refractivity contribution is 8.01. The molecular formula is C14H10N2O2S2. The zero-order chi connectivity index (χ0) is 14.1. The molecule has 1 heterocycles. The Morgan fingerprint density at radius 1 is 1.15 bits per heavy atom. The lowest BCUT2D eigenvalue weighted by molar-refractivity contribution is -0.384. The van der Waals surface area contributed by atoms with E-state index in [9.17, 15) is 10.1 Å². The lowest BCUT2D eigenvalue weighted by atomic mass is 10.2. The van der Waals surface area contributed by atoms with E-state index in [-0.39, 0.29) is 5.69 Å². The number of nitrogens with zero attached hydrogens (tertiary/aromatic N) is 1. The first-order chi connectivity index (χ1) is 9.65. The first kappa shape index (κ1) is 13.0. The van der Waals surface area contributed by atoms with Crippen LogP contribution in [0.3, 0.4) is 0 Å². The summed E-state index contributed by atoms with van der Waals surface area (Å²) in [6, 6.07) is 14.7. The van der Waals surface area contributed by atoms with Crippen LogP contribution < -0.4 is 5.73 Å². The summed E-state index contributed by atoms with van der Waals surface area (Å²) in [5.74, 6) is 0. The number of benzene rings is 2. The number of thiophene rings is 1. The summed E-state index contributed by atoms with van der Waals surface area (Å²) in [6.45, 7) is 0. The topological polar surface area (TPSA) is 69.2 Å². The molecule has 100 valence electrons. The lowest BCUT2D eigenvalue weighted by Crippen LogP contribution is -1.88. The Labute approximate surface area is 123 Å². The molecule has 1 aromatic heterocycles. The molecule has 3 rings (SSSR count). The normalized spacial score (nSPS) is 10.8. The van der Waals surface area contributed by atoms with Crippen molar-refractivity contribution in [3.8, 4) is 0 Å². The van der Waals surface area contributed by atoms with Gasteiger partial charge in [-0.15, -0.1) is 11.3 Å². The maximum atomic E-state index is 10.8. The number of anilines is 1. The van der Waals surface area contributed by atoms with Crippen LogP contribution in [0.5, 0.6) is 0 Å². The SMILES string of the molecule is Nc1c(Sc2ccccc2)sc2ccc([N+](=O)[O-])cc12. The summed E-state index contributed by atoms with van der Waals surface area (Å²) in [5, 5.41) is 11.6. The fourth-order valence-electron chi connectivity index (χ4n) is 1.87. The molecule has 0 radical (unpaired) electrons. The quantitative estimate of drug-likeness (QED) is 0.569. The predicted molar refractivity (Wildman–Crippen MR) is 83.5 cm³/mol. The van der Waals surface area contributed by atoms with Gasteiger partial charge in [0.1, 0.15) is 0 Å². The molecule has 0 saturated heterocycles. The van der Waals surface area contributed by atoms with Crippen molar-refractivity contribution in [1.82, 2.24) is 0 Å². The molecule has 4 nitrogen and oxygen atoms in total. The molecule has 0 bridgehead atoms. The number of nitrogens with two attached hydrogens (primary N) is 1. The van der Waals surface area contributed by atoms with Crippen LogP contribution in [0.1, 0.15) is 0 Å². The van der Waals surface area contributed by atoms with E-state index < -0.39 is 4.92 Å². The van der Waals surface area contributed by atoms with Gasteiger partial charge in [0.05, 0.1) is 14.8 Å². The number of non-ortho nitro benzene ring substituents is 1. The van der Waals surface area contributed by atoms with E-state index in [1.807, 2.05) is 30.3 Å². The summed E-state index contributed by atoms with van der Waals surface area (Å²) in [6.07, 6.45) is 0. The highest BCUT2D eigenvalue weighted by Gasteiger charge is 2.14. The second-order valence-corrected chi connectivity index (χ2v) is 6.55. The Kier molecular flexibility index (Phi) is 3.33. The Morgan fingerprint density at radius 2 is 1.90 bits per heavy atom. The van der Waals surface area contributed by atoms with E-state index in [2.05, 4.69) is 0 Å². The van der Waals surface area contributed by atoms with Crippen LogP contribution >= 0.6 is 23.1 Å². The van der Waals surface area contributed by atoms with Gasteiger partial charge in [-0.05, 0) is 18.2 Å². The molecule has 0 saturated carbocycles. The average molecular weight is 302 g/mol. The third-order valence-electron chi connectivity index (χ3n) is 2.84. The van der Waals surface area contributed by atoms with Gasteiger partial charge >= 0.3 is 0 Å². The molecule has 20 heavy (non-hydrogen) atoms. The van der Waals surface area contributed by atoms with Crippen LogP contribution in [-0.4, -0.2) is 4.92 Å². The molecule has 0 spiro atoms. The molecule has 6 heteroatoms. The van der Waals surface area contributed by atoms with Gasteiger partial charge in [0.2, 0.25) is 0 Å². The van der Waals surface area contributed by atoms with Crippen molar-refractivity contribution in [3.63, 3.8) is 0 Å². The minimum Gasteiger partial charge on any atom is -0.397 e. The molecule has 0 aliphatic heterocycles. The average Bonchev–Trinajstić information content (AvgIpc) is 2.76. The van der Waals surface area contributed by atoms with Gasteiger partial charge in [0.15, 0.2) is 0 Å². The number of nitro benzene ring substituents is 1. The van der Waals surface area contributed by atoms with Crippen LogP contribution in [0.15, 0.2) is 57.6 Å². The second kappa shape index (κ2) is 5.15. The van der Waals surface area contributed by atoms with Crippen LogP contribution in [0.25, 0.3) is 10.1 Å². The summed E-state index contributed by atoms with van der Waals surface area (Å²) in [7, 11) is 0. The molecule has 2 N–H and O–H groups in total. The Bertz CT molecular complexity index is 784. The fourth-order valence-corrected chi connectivity index (χ4v) is 4.15. The van der Waals surface area contributed by atoms with Crippen molar-refractivity contribution < 1.29 is 4.92 Å². The highest BCUT2D eigenvalue weighted by Crippen LogP contribution is 2.44. The molecule has 3 aromatic rings. The maximum absolute atomic E-state index is 10.8. The largest absolute Gasteiger partial charge is 0.397 e. The van der Waals surface area contributed by atoms with Gasteiger partial charge in [-0.3, -0.25) is 10.1 Å². The van der Waals surface area contributed by atoms with Crippen molar-refractivity contribution in [2.45, 2.75) is 9.10 Å². The predicted octanol–water partition coefficient (Wildman–Crippen LogP) is 4.54. The van der Waals surface area contributed by atoms with Gasteiger partial charge in [-0.1, -0.05) is 30.0 Å². The van der Waals surface area contributed by atoms with Crippen molar-refractivity contribution in [3.05, 3.63) is 58.6 Å². The van der Waals surface area contributed by atoms with Crippen molar-refractivity contribution in [2.75, 3.05) is 5.73 Å². The molecule has 0 aliphatic rings. The van der Waals surface area contributed by atoms with E-state index in [0.29, 0.717) is 5.69 Å². The molecule has 0 aliphatic carbocycles. The summed E-state index contributed by atoms with van der Waals surface area (Å²) < 4.78 is 1.93. The summed E-state index contributed by atoms with van der Waals surface area (Å²) in [5.41, 5.74) is 6.80. The molecule has 0 fully saturated rings. The van der Waals surface area contributed by atoms with Gasteiger partial charge in [-0.2, -0.15) is 0 Å². The van der Waals surface area contributed by atoms with Crippen molar-refractivity contribution in [1.29, 1.82) is 0 Å². The second-order valence-electron chi connectivity index (χ2n) is 4.16. The van der Waals surface area contributed by atoms with E-state index in [4.69, 9.17) is 5.73 Å². The first-order valence-electron chi connectivity index (χ1n) is 5.84. The molecule has 0 atom stereocenters. The standard InChI is InChI=1S/C14H10N2O2S2/c15-13-11-8-9(16(17)18)6-7-12(11)20-14(13)19-10-4-2-1-3-5-10/h1-8H,15H2. The Balaban J connectivity index is 2.05. The number of hydrogen-bond acceptors (Lipinski definition) is 5. The minimum absolute atomic E-state index is 0.0678. The number of nitro groups is 1. The zero-order valence-corrected chi connectivity index (χ0v) is 11.9. The Hall–Kier alpha value is -2.05. The number of nitrogen functional groups attached to an aromatic ring is 1. The monoisotopic (exact) mass is 302 g/mol. The first-order valence-corrected chi connectivity index (χ1v) is 7.48. The third-order valence-corrected chi connectivity index (χ3v) is 5.23. The van der Waals surface area contributed by atoms with Gasteiger partial charge < -0.3 is 5.73 Å². The van der Waals surface area contributed by atoms with Gasteiger partial charge in [-0.25, -0.2) is 0 Å². The van der Waals surface area contributed by atoms with Crippen LogP contribution in [0.2, 0.25) is 0 Å². The summed E-state index contributed by atoms with van der Waals surface area (Å²) >= 11 is 3.13. The highest BCUT2D eigenvalue weighted by atomic mass is 32.2. The van der Waals surface area contributed by atoms with E-state index in [1.165, 1.54) is 12.1 Å². The van der Waals surface area contributed by atoms with E-state index >= 15 is 0 Å². The number of hydrogen-bond donors (Lipinski definition) is 1. The molecular weight excluding hydrogens is 292 g/mol. The van der Waals surface area contributed by atoms with Gasteiger partial charge in [0, 0.05) is 27.1 Å². The van der Waals surface area contributed by atoms with Crippen molar-refractivity contribution in [2.24, 2.45) is 0 Å². The molecule has 0 unspecified atom stereocenters. The smallest absolute Gasteiger partial charge is 0.270 e. The van der Waals surface area contributed by atoms with Crippen LogP contribution in [0, 0.1) is 10.1 Å². The lowest BCUT2D eigenvalue weighted by Gasteiger charge is -1.99. The Morgan fingerprint density at radius 3 is 2.60 bits per heavy atom. The summed E-state index contributed by atoms with van der Waals surface area (Å²) in [4.78, 5) is 11.5. The number of rotatable bonds is 3. The van der Waals surface area contributed by atoms with E-state index in [1.54, 1.807) is 29.2 Å². The molecule has 0 amide bonds. The molecule has 2 aromatic carbocycles. The van der Waals surface area contributed by atoms with Crippen LogP contribution in [0.4, 0.5) is 11.4 Å². The third kappa shape index (κ3) is 2.35. The minimum atomic E-state index is -0.402. The zero-order valence-electron chi connectivity index (χ0n) is 10.3. The van der Waals surface area contributed by atoms with Crippen LogP contribution in [-0.2, 0) is 0 Å². The van der Waals surface area contributed by atoms with E-state index in [0.717, 1.165) is 19.2 Å². The van der Waals surface area contributed by atoms with Gasteiger partial charge in [0.25, 0.3) is 5.69 Å². The maximum Gasteiger partial charge on any atom is 0.270 e. The number of fused-ring (bicyclic) bond motifs is 1. The fraction of sp³-hybridized carbons (Fsp3) is 0.